The highest BCUT2D eigenvalue weighted by Gasteiger charge is 2.11. The van der Waals surface area contributed by atoms with Gasteiger partial charge in [-0.1, -0.05) is 0 Å². The Hall–Kier alpha value is -1.64. The Labute approximate surface area is 115 Å². The molecule has 2 aromatic rings. The molecular weight excluding hydrogens is 284 g/mol. The monoisotopic (exact) mass is 296 g/mol. The van der Waals surface area contributed by atoms with Crippen molar-refractivity contribution in [3.63, 3.8) is 0 Å². The van der Waals surface area contributed by atoms with Crippen molar-refractivity contribution in [1.29, 1.82) is 0 Å². The van der Waals surface area contributed by atoms with Crippen molar-refractivity contribution in [2.45, 2.75) is 21.9 Å². The number of anilines is 1. The van der Waals surface area contributed by atoms with Crippen molar-refractivity contribution >= 4 is 27.5 Å². The summed E-state index contributed by atoms with van der Waals surface area (Å²) in [7, 11) is -3.78. The van der Waals surface area contributed by atoms with Crippen LogP contribution < -0.4 is 10.9 Å². The van der Waals surface area contributed by atoms with Crippen LogP contribution in [0.5, 0.6) is 0 Å². The fraction of sp³-hybridized carbons (Fsp3) is 0.0909. The Morgan fingerprint density at radius 2 is 1.79 bits per heavy atom. The van der Waals surface area contributed by atoms with E-state index in [0.29, 0.717) is 15.7 Å². The van der Waals surface area contributed by atoms with Gasteiger partial charge in [-0.25, -0.2) is 23.5 Å². The maximum Gasteiger partial charge on any atom is 0.238 e. The molecule has 8 heteroatoms. The Morgan fingerprint density at radius 1 is 1.16 bits per heavy atom. The van der Waals surface area contributed by atoms with E-state index in [4.69, 9.17) is 10.9 Å². The Kier molecular flexibility index (Phi) is 3.74. The van der Waals surface area contributed by atoms with Gasteiger partial charge < -0.3 is 5.73 Å². The molecule has 19 heavy (non-hydrogen) atoms. The second-order valence-electron chi connectivity index (χ2n) is 3.93. The summed E-state index contributed by atoms with van der Waals surface area (Å²) < 4.78 is 22.6. The van der Waals surface area contributed by atoms with Gasteiger partial charge in [-0.05, 0) is 42.4 Å². The van der Waals surface area contributed by atoms with E-state index >= 15 is 0 Å². The van der Waals surface area contributed by atoms with Gasteiger partial charge >= 0.3 is 0 Å². The third-order valence-corrected chi connectivity index (χ3v) is 3.95. The van der Waals surface area contributed by atoms with Crippen LogP contribution in [-0.4, -0.2) is 18.4 Å². The average molecular weight is 296 g/mol. The number of sulfonamides is 1. The molecule has 0 amide bonds. The molecule has 0 aliphatic carbocycles. The van der Waals surface area contributed by atoms with E-state index in [2.05, 4.69) is 9.97 Å². The van der Waals surface area contributed by atoms with Gasteiger partial charge in [0.25, 0.3) is 0 Å². The van der Waals surface area contributed by atoms with Crippen LogP contribution in [0.2, 0.25) is 0 Å². The summed E-state index contributed by atoms with van der Waals surface area (Å²) >= 11 is 1.22. The molecule has 100 valence electrons. The molecule has 6 nitrogen and oxygen atoms in total. The second-order valence-corrected chi connectivity index (χ2v) is 6.53. The average Bonchev–Trinajstić information content (AvgIpc) is 2.30. The van der Waals surface area contributed by atoms with Gasteiger partial charge in [0.2, 0.25) is 10.0 Å². The van der Waals surface area contributed by atoms with Gasteiger partial charge in [0.05, 0.1) is 4.90 Å². The first-order valence-electron chi connectivity index (χ1n) is 5.24. The van der Waals surface area contributed by atoms with Gasteiger partial charge in [-0.15, -0.1) is 0 Å². The minimum Gasteiger partial charge on any atom is -0.399 e. The molecule has 0 spiro atoms. The Balaban J connectivity index is 2.35. The minimum atomic E-state index is -3.78. The molecule has 0 saturated heterocycles. The zero-order chi connectivity index (χ0) is 14.0. The summed E-state index contributed by atoms with van der Waals surface area (Å²) in [6.45, 7) is 1.88. The fourth-order valence-corrected chi connectivity index (χ4v) is 2.82. The van der Waals surface area contributed by atoms with Gasteiger partial charge in [-0.2, -0.15) is 0 Å². The number of nitrogen functional groups attached to an aromatic ring is 1. The van der Waals surface area contributed by atoms with Gasteiger partial charge in [-0.3, -0.25) is 0 Å². The molecule has 0 aliphatic rings. The first-order valence-corrected chi connectivity index (χ1v) is 7.61. The molecule has 0 aliphatic heterocycles. The predicted octanol–water partition coefficient (Wildman–Crippen LogP) is 1.17. The van der Waals surface area contributed by atoms with Crippen LogP contribution in [0.1, 0.15) is 5.56 Å². The molecule has 4 N–H and O–H groups in total. The highest BCUT2D eigenvalue weighted by molar-refractivity contribution is 7.99. The highest BCUT2D eigenvalue weighted by atomic mass is 32.2. The lowest BCUT2D eigenvalue weighted by atomic mass is 10.3. The number of hydrogen-bond acceptors (Lipinski definition) is 6. The summed E-state index contributed by atoms with van der Waals surface area (Å²) in [6.07, 6.45) is 3.37. The number of nitrogens with zero attached hydrogens (tertiary/aromatic N) is 2. The molecule has 1 aromatic carbocycles. The number of primary sulfonamides is 1. The lowest BCUT2D eigenvalue weighted by Crippen LogP contribution is -2.12. The second kappa shape index (κ2) is 5.16. The van der Waals surface area contributed by atoms with Crippen LogP contribution >= 0.6 is 11.8 Å². The van der Waals surface area contributed by atoms with E-state index in [-0.39, 0.29) is 4.90 Å². The van der Waals surface area contributed by atoms with Crippen LogP contribution in [0, 0.1) is 6.92 Å². The van der Waals surface area contributed by atoms with Crippen molar-refractivity contribution < 1.29 is 8.42 Å². The number of benzene rings is 1. The minimum absolute atomic E-state index is 0.0258. The summed E-state index contributed by atoms with van der Waals surface area (Å²) in [6, 6.07) is 4.40. The van der Waals surface area contributed by atoms with Crippen molar-refractivity contribution in [2.75, 3.05) is 5.73 Å². The summed E-state index contributed by atoms with van der Waals surface area (Å²) in [5.41, 5.74) is 6.93. The first-order chi connectivity index (χ1) is 8.84. The van der Waals surface area contributed by atoms with Crippen LogP contribution in [0.25, 0.3) is 0 Å². The molecule has 1 aromatic heterocycles. The maximum absolute atomic E-state index is 11.3. The standard InChI is InChI=1S/C11H12N4O2S2/c1-7-5-14-11(15-6-7)18-9-2-8(12)3-10(4-9)19(13,16)17/h2-6H,12H2,1H3,(H2,13,16,17). The molecule has 2 rings (SSSR count). The Bertz CT molecular complexity index is 699. The smallest absolute Gasteiger partial charge is 0.238 e. The number of rotatable bonds is 3. The number of hydrogen-bond donors (Lipinski definition) is 2. The van der Waals surface area contributed by atoms with Crippen LogP contribution in [0.3, 0.4) is 0 Å². The summed E-state index contributed by atoms with van der Waals surface area (Å²) in [4.78, 5) is 8.84. The van der Waals surface area contributed by atoms with E-state index in [1.165, 1.54) is 23.9 Å². The van der Waals surface area contributed by atoms with Crippen molar-refractivity contribution in [3.8, 4) is 0 Å². The van der Waals surface area contributed by atoms with Crippen molar-refractivity contribution in [2.24, 2.45) is 5.14 Å². The van der Waals surface area contributed by atoms with Gasteiger partial charge in [0.1, 0.15) is 0 Å². The number of aromatic nitrogens is 2. The summed E-state index contributed by atoms with van der Waals surface area (Å²) in [5.74, 6) is 0. The molecule has 0 atom stereocenters. The normalized spacial score (nSPS) is 11.5. The predicted molar refractivity (Wildman–Crippen MR) is 73.1 cm³/mol. The zero-order valence-corrected chi connectivity index (χ0v) is 11.7. The van der Waals surface area contributed by atoms with Gasteiger partial charge in [0, 0.05) is 23.0 Å². The van der Waals surface area contributed by atoms with E-state index in [1.807, 2.05) is 6.92 Å². The summed E-state index contributed by atoms with van der Waals surface area (Å²) in [5, 5.41) is 5.59. The van der Waals surface area contributed by atoms with Crippen LogP contribution in [-0.2, 0) is 10.0 Å². The molecular formula is C11H12N4O2S2. The molecule has 0 bridgehead atoms. The van der Waals surface area contributed by atoms with Crippen LogP contribution in [0.4, 0.5) is 5.69 Å². The largest absolute Gasteiger partial charge is 0.399 e. The third kappa shape index (κ3) is 3.66. The SMILES string of the molecule is Cc1cnc(Sc2cc(N)cc(S(N)(=O)=O)c2)nc1. The third-order valence-electron chi connectivity index (χ3n) is 2.20. The number of nitrogens with two attached hydrogens (primary N) is 2. The van der Waals surface area contributed by atoms with Crippen LogP contribution in [0.15, 0.2) is 45.5 Å². The van der Waals surface area contributed by atoms with Gasteiger partial charge in [0.15, 0.2) is 5.16 Å². The van der Waals surface area contributed by atoms with E-state index in [1.54, 1.807) is 18.5 Å². The Morgan fingerprint density at radius 3 is 2.37 bits per heavy atom. The maximum atomic E-state index is 11.3. The zero-order valence-electron chi connectivity index (χ0n) is 10.1. The fourth-order valence-electron chi connectivity index (χ4n) is 1.36. The topological polar surface area (TPSA) is 112 Å². The molecule has 0 fully saturated rings. The quantitative estimate of drug-likeness (QED) is 0.649. The lowest BCUT2D eigenvalue weighted by molar-refractivity contribution is 0.597. The molecule has 0 unspecified atom stereocenters. The van der Waals surface area contributed by atoms with Crippen molar-refractivity contribution in [3.05, 3.63) is 36.2 Å². The first kappa shape index (κ1) is 13.8. The van der Waals surface area contributed by atoms with E-state index in [0.717, 1.165) is 5.56 Å². The number of aryl methyl sites for hydroxylation is 1. The lowest BCUT2D eigenvalue weighted by Gasteiger charge is -2.05. The van der Waals surface area contributed by atoms with Crippen molar-refractivity contribution in [1.82, 2.24) is 9.97 Å². The molecule has 0 saturated carbocycles. The molecule has 0 radical (unpaired) electrons. The van der Waals surface area contributed by atoms with E-state index in [9.17, 15) is 8.42 Å². The van der Waals surface area contributed by atoms with E-state index < -0.39 is 10.0 Å². The molecule has 1 heterocycles. The highest BCUT2D eigenvalue weighted by Crippen LogP contribution is 2.28.